The summed E-state index contributed by atoms with van der Waals surface area (Å²) in [5.41, 5.74) is 2.39. The van der Waals surface area contributed by atoms with Crippen LogP contribution in [0.2, 0.25) is 0 Å². The van der Waals surface area contributed by atoms with Gasteiger partial charge in [-0.05, 0) is 52.7 Å². The highest BCUT2D eigenvalue weighted by Crippen LogP contribution is 2.42. The summed E-state index contributed by atoms with van der Waals surface area (Å²) in [7, 11) is 1.35. The second-order valence-electron chi connectivity index (χ2n) is 8.86. The van der Waals surface area contributed by atoms with Gasteiger partial charge < -0.3 is 14.4 Å². The van der Waals surface area contributed by atoms with E-state index in [-0.39, 0.29) is 11.7 Å². The highest BCUT2D eigenvalue weighted by Gasteiger charge is 2.35. The predicted molar refractivity (Wildman–Crippen MR) is 106 cm³/mol. The molecule has 2 heterocycles. The van der Waals surface area contributed by atoms with Crippen molar-refractivity contribution in [1.29, 1.82) is 0 Å². The third-order valence-corrected chi connectivity index (χ3v) is 4.75. The summed E-state index contributed by atoms with van der Waals surface area (Å²) in [4.78, 5) is 31.7. The predicted octanol–water partition coefficient (Wildman–Crippen LogP) is 4.40. The summed E-state index contributed by atoms with van der Waals surface area (Å²) in [6.45, 7) is 10.5. The number of hydrogen-bond donors (Lipinski definition) is 0. The third kappa shape index (κ3) is 4.29. The van der Waals surface area contributed by atoms with Gasteiger partial charge in [-0.15, -0.1) is 0 Å². The first kappa shape index (κ1) is 20.2. The molecule has 152 valence electrons. The van der Waals surface area contributed by atoms with Crippen LogP contribution in [-0.4, -0.2) is 47.3 Å². The monoisotopic (exact) mass is 389 g/mol. The molecule has 7 heteroatoms. The zero-order chi connectivity index (χ0) is 20.7. The van der Waals surface area contributed by atoms with E-state index in [1.54, 1.807) is 4.90 Å². The van der Waals surface area contributed by atoms with Gasteiger partial charge in [0.1, 0.15) is 17.0 Å². The van der Waals surface area contributed by atoms with Crippen molar-refractivity contribution in [2.45, 2.75) is 58.7 Å². The van der Waals surface area contributed by atoms with E-state index in [1.807, 2.05) is 52.8 Å². The van der Waals surface area contributed by atoms with Crippen molar-refractivity contribution in [2.24, 2.45) is 0 Å². The Morgan fingerprint density at radius 1 is 1.29 bits per heavy atom. The van der Waals surface area contributed by atoms with Crippen LogP contribution in [0.15, 0.2) is 18.2 Å². The second kappa shape index (κ2) is 7.11. The topological polar surface area (TPSA) is 68.1 Å². The number of nitrogens with zero attached hydrogens (tertiary/aromatic N) is 2. The molecule has 0 saturated carbocycles. The number of ether oxygens (including phenoxy) is 2. The van der Waals surface area contributed by atoms with E-state index in [2.05, 4.69) is 0 Å². The van der Waals surface area contributed by atoms with E-state index in [4.69, 9.17) is 14.3 Å². The van der Waals surface area contributed by atoms with Crippen LogP contribution in [0.25, 0.3) is 5.57 Å². The highest BCUT2D eigenvalue weighted by atomic mass is 16.8. The Morgan fingerprint density at radius 2 is 2.00 bits per heavy atom. The first-order valence-electron chi connectivity index (χ1n) is 9.54. The molecule has 2 aliphatic rings. The minimum Gasteiger partial charge on any atom is -0.487 e. The van der Waals surface area contributed by atoms with Crippen LogP contribution < -0.4 is 4.74 Å². The van der Waals surface area contributed by atoms with Gasteiger partial charge in [-0.1, -0.05) is 6.08 Å². The minimum absolute atomic E-state index is 0.298. The molecule has 0 fully saturated rings. The van der Waals surface area contributed by atoms with Gasteiger partial charge in [-0.2, -0.15) is 0 Å². The molecule has 0 unspecified atom stereocenters. The van der Waals surface area contributed by atoms with E-state index in [0.29, 0.717) is 30.1 Å². The minimum atomic E-state index is -0.528. The molecule has 0 aromatic heterocycles. The van der Waals surface area contributed by atoms with Crippen LogP contribution in [0.5, 0.6) is 5.75 Å². The maximum absolute atomic E-state index is 12.3. The van der Waals surface area contributed by atoms with Crippen molar-refractivity contribution in [3.8, 4) is 5.75 Å². The van der Waals surface area contributed by atoms with Crippen LogP contribution in [0.1, 0.15) is 52.2 Å². The number of benzene rings is 1. The fraction of sp³-hybridized carbons (Fsp3) is 0.571. The lowest BCUT2D eigenvalue weighted by Gasteiger charge is -2.29. The smallest absolute Gasteiger partial charge is 0.410 e. The molecular formula is C21H29N2O5+. The fourth-order valence-electron chi connectivity index (χ4n) is 3.55. The van der Waals surface area contributed by atoms with Crippen LogP contribution in [0.4, 0.5) is 10.5 Å². The van der Waals surface area contributed by atoms with Gasteiger partial charge in [0.25, 0.3) is 4.92 Å². The maximum Gasteiger partial charge on any atom is 0.410 e. The van der Waals surface area contributed by atoms with E-state index in [1.165, 1.54) is 7.11 Å². The van der Waals surface area contributed by atoms with Crippen LogP contribution >= 0.6 is 0 Å². The molecule has 1 aromatic carbocycles. The summed E-state index contributed by atoms with van der Waals surface area (Å²) < 4.78 is 11.5. The van der Waals surface area contributed by atoms with E-state index in [9.17, 15) is 9.70 Å². The van der Waals surface area contributed by atoms with Gasteiger partial charge in [0.2, 0.25) is 0 Å². The van der Waals surface area contributed by atoms with Gasteiger partial charge in [0.15, 0.2) is 7.11 Å². The number of hydrogen-bond acceptors (Lipinski definition) is 5. The van der Waals surface area contributed by atoms with Gasteiger partial charge in [-0.3, -0.25) is 0 Å². The van der Waals surface area contributed by atoms with Crippen LogP contribution in [0.3, 0.4) is 0 Å². The Bertz CT molecular complexity index is 836. The van der Waals surface area contributed by atoms with Crippen molar-refractivity contribution in [3.05, 3.63) is 34.2 Å². The van der Waals surface area contributed by atoms with Crippen molar-refractivity contribution >= 4 is 17.4 Å². The van der Waals surface area contributed by atoms with E-state index < -0.39 is 5.60 Å². The van der Waals surface area contributed by atoms with Crippen molar-refractivity contribution in [1.82, 2.24) is 4.90 Å². The van der Waals surface area contributed by atoms with Gasteiger partial charge >= 0.3 is 11.8 Å². The largest absolute Gasteiger partial charge is 0.487 e. The molecule has 0 saturated heterocycles. The molecule has 3 rings (SSSR count). The first-order chi connectivity index (χ1) is 13.0. The Hall–Kier alpha value is -2.57. The van der Waals surface area contributed by atoms with Gasteiger partial charge in [-0.25, -0.2) is 9.63 Å². The Labute approximate surface area is 165 Å². The zero-order valence-corrected chi connectivity index (χ0v) is 17.5. The lowest BCUT2D eigenvalue weighted by atomic mass is 9.94. The number of fused-ring (bicyclic) bond motifs is 1. The van der Waals surface area contributed by atoms with Crippen molar-refractivity contribution in [2.75, 3.05) is 20.2 Å². The van der Waals surface area contributed by atoms with E-state index in [0.717, 1.165) is 28.9 Å². The average molecular weight is 389 g/mol. The molecular weight excluding hydrogens is 360 g/mol. The molecule has 0 bridgehead atoms. The Morgan fingerprint density at radius 3 is 2.57 bits per heavy atom. The van der Waals surface area contributed by atoms with Gasteiger partial charge in [0.05, 0.1) is 10.5 Å². The van der Waals surface area contributed by atoms with E-state index >= 15 is 0 Å². The standard InChI is InChI=1S/C21H29N2O5/c1-20(2,3)28-19(24)22-9-7-14(8-10-22)16-12-18-15(13-21(4,5)27-18)11-17(16)23(25)26-6/h7,11-12H,8-10,13H2,1-6H3/q+1. The van der Waals surface area contributed by atoms with Crippen molar-refractivity contribution < 1.29 is 24.0 Å². The fourth-order valence-corrected chi connectivity index (χ4v) is 3.55. The third-order valence-electron chi connectivity index (χ3n) is 4.75. The summed E-state index contributed by atoms with van der Waals surface area (Å²) in [6, 6.07) is 3.76. The van der Waals surface area contributed by atoms with Crippen LogP contribution in [0, 0.1) is 4.91 Å². The van der Waals surface area contributed by atoms with Crippen molar-refractivity contribution in [3.63, 3.8) is 0 Å². The maximum atomic E-state index is 12.3. The molecule has 0 atom stereocenters. The van der Waals surface area contributed by atoms with Crippen LogP contribution in [-0.2, 0) is 16.0 Å². The molecule has 28 heavy (non-hydrogen) atoms. The lowest BCUT2D eigenvalue weighted by molar-refractivity contribution is -0.736. The molecule has 0 spiro atoms. The Balaban J connectivity index is 1.88. The molecule has 0 N–H and O–H groups in total. The number of rotatable bonds is 3. The molecule has 0 radical (unpaired) electrons. The van der Waals surface area contributed by atoms with Gasteiger partial charge in [0, 0.05) is 31.1 Å². The molecule has 1 aromatic rings. The summed E-state index contributed by atoms with van der Waals surface area (Å²) in [6.07, 6.45) is 2.98. The second-order valence-corrected chi connectivity index (χ2v) is 8.86. The summed E-state index contributed by atoms with van der Waals surface area (Å²) >= 11 is 0. The summed E-state index contributed by atoms with van der Waals surface area (Å²) in [5, 5.41) is 0. The number of amides is 1. The lowest BCUT2D eigenvalue weighted by Crippen LogP contribution is -2.39. The molecule has 0 aliphatic carbocycles. The first-order valence-corrected chi connectivity index (χ1v) is 9.54. The SMILES string of the molecule is CO[N+](=O)c1cc2c(cc1C1=CCN(C(=O)OC(C)(C)C)CC1)OC(C)(C)C2. The molecule has 1 amide bonds. The number of carbonyl (C=O) groups is 1. The highest BCUT2D eigenvalue weighted by molar-refractivity contribution is 5.78. The summed E-state index contributed by atoms with van der Waals surface area (Å²) in [5.74, 6) is 0.795. The molecule has 2 aliphatic heterocycles. The number of carbonyl (C=O) groups excluding carboxylic acids is 1. The average Bonchev–Trinajstić information content (AvgIpc) is 2.91. The quantitative estimate of drug-likeness (QED) is 0.717. The normalized spacial score (nSPS) is 18.1. The molecule has 7 nitrogen and oxygen atoms in total. The Kier molecular flexibility index (Phi) is 5.12. The zero-order valence-electron chi connectivity index (χ0n) is 17.5.